The van der Waals surface area contributed by atoms with Gasteiger partial charge in [-0.05, 0) is 24.6 Å². The second-order valence-electron chi connectivity index (χ2n) is 6.13. The molecule has 1 unspecified atom stereocenters. The van der Waals surface area contributed by atoms with Gasteiger partial charge in [0.05, 0.1) is 0 Å². The number of anilines is 1. The summed E-state index contributed by atoms with van der Waals surface area (Å²) in [6.07, 6.45) is 1.19. The van der Waals surface area contributed by atoms with Gasteiger partial charge in [-0.15, -0.1) is 0 Å². The van der Waals surface area contributed by atoms with Crippen LogP contribution in [0.15, 0.2) is 24.3 Å². The predicted octanol–water partition coefficient (Wildman–Crippen LogP) is 1.43. The molecule has 2 amide bonds. The number of ether oxygens (including phenoxy) is 1. The Kier molecular flexibility index (Phi) is 3.87. The lowest BCUT2D eigenvalue weighted by atomic mass is 9.86. The topological polar surface area (TPSA) is 49.9 Å². The van der Waals surface area contributed by atoms with Gasteiger partial charge in [0.25, 0.3) is 0 Å². The average molecular weight is 306 g/mol. The fourth-order valence-electron chi connectivity index (χ4n) is 3.41. The molecule has 1 aromatic carbocycles. The molecular weight excluding hydrogens is 287 g/mol. The van der Waals surface area contributed by atoms with Crippen LogP contribution >= 0.6 is 0 Å². The molecule has 1 spiro atoms. The highest BCUT2D eigenvalue weighted by atomic mass is 19.1. The van der Waals surface area contributed by atoms with Gasteiger partial charge in [-0.2, -0.15) is 0 Å². The molecule has 22 heavy (non-hydrogen) atoms. The van der Waals surface area contributed by atoms with Crippen LogP contribution in [0.4, 0.5) is 10.1 Å². The zero-order valence-corrected chi connectivity index (χ0v) is 12.5. The maximum Gasteiger partial charge on any atom is 0.248 e. The number of hydrogen-bond donors (Lipinski definition) is 0. The number of rotatable bonds is 3. The van der Waals surface area contributed by atoms with E-state index in [0.717, 1.165) is 6.42 Å². The molecule has 2 fully saturated rings. The number of hydrogen-bond acceptors (Lipinski definition) is 3. The van der Waals surface area contributed by atoms with E-state index in [1.165, 1.54) is 19.2 Å². The van der Waals surface area contributed by atoms with E-state index < -0.39 is 0 Å². The summed E-state index contributed by atoms with van der Waals surface area (Å²) in [7, 11) is 1.49. The molecule has 118 valence electrons. The van der Waals surface area contributed by atoms with E-state index >= 15 is 0 Å². The van der Waals surface area contributed by atoms with E-state index in [0.29, 0.717) is 31.7 Å². The van der Waals surface area contributed by atoms with Crippen molar-refractivity contribution in [2.75, 3.05) is 38.3 Å². The number of carbonyl (C=O) groups is 2. The SMILES string of the molecule is COCC(=O)N1CCC2(CC(=O)N(c3cccc(F)c3)C2)C1. The van der Waals surface area contributed by atoms with Crippen LogP contribution < -0.4 is 4.90 Å². The van der Waals surface area contributed by atoms with Crippen molar-refractivity contribution in [2.24, 2.45) is 5.41 Å². The van der Waals surface area contributed by atoms with Gasteiger partial charge in [-0.25, -0.2) is 4.39 Å². The molecule has 3 rings (SSSR count). The standard InChI is InChI=1S/C16H19FN2O3/c1-22-9-15(21)18-6-5-16(10-18)8-14(20)19(11-16)13-4-2-3-12(17)7-13/h2-4,7H,5-6,8-11H2,1H3. The zero-order chi connectivity index (χ0) is 15.7. The Morgan fingerprint density at radius 3 is 2.95 bits per heavy atom. The summed E-state index contributed by atoms with van der Waals surface area (Å²) in [4.78, 5) is 27.6. The normalized spacial score (nSPS) is 24.5. The second kappa shape index (κ2) is 5.68. The Bertz CT molecular complexity index is 607. The van der Waals surface area contributed by atoms with Crippen LogP contribution in [0.3, 0.4) is 0 Å². The first-order valence-electron chi connectivity index (χ1n) is 7.36. The van der Waals surface area contributed by atoms with Gasteiger partial charge in [0.1, 0.15) is 12.4 Å². The Balaban J connectivity index is 1.73. The van der Waals surface area contributed by atoms with Gasteiger partial charge in [0.2, 0.25) is 11.8 Å². The monoisotopic (exact) mass is 306 g/mol. The van der Waals surface area contributed by atoms with E-state index in [-0.39, 0.29) is 29.7 Å². The van der Waals surface area contributed by atoms with Gasteiger partial charge < -0.3 is 14.5 Å². The van der Waals surface area contributed by atoms with Gasteiger partial charge in [0.15, 0.2) is 0 Å². The Hall–Kier alpha value is -1.95. The summed E-state index contributed by atoms with van der Waals surface area (Å²) in [6.45, 7) is 1.81. The fraction of sp³-hybridized carbons (Fsp3) is 0.500. The summed E-state index contributed by atoms with van der Waals surface area (Å²) in [5.74, 6) is -0.405. The molecule has 2 aliphatic rings. The minimum absolute atomic E-state index is 0.00774. The summed E-state index contributed by atoms with van der Waals surface area (Å²) < 4.78 is 18.2. The van der Waals surface area contributed by atoms with E-state index in [1.54, 1.807) is 21.9 Å². The van der Waals surface area contributed by atoms with E-state index in [2.05, 4.69) is 0 Å². The lowest BCUT2D eigenvalue weighted by Gasteiger charge is -2.24. The molecule has 1 atom stereocenters. The first kappa shape index (κ1) is 15.0. The lowest BCUT2D eigenvalue weighted by molar-refractivity contribution is -0.134. The lowest BCUT2D eigenvalue weighted by Crippen LogP contribution is -2.35. The number of benzene rings is 1. The van der Waals surface area contributed by atoms with Crippen molar-refractivity contribution in [3.05, 3.63) is 30.1 Å². The van der Waals surface area contributed by atoms with Crippen molar-refractivity contribution in [2.45, 2.75) is 12.8 Å². The van der Waals surface area contributed by atoms with Gasteiger partial charge in [0, 0.05) is 44.3 Å². The second-order valence-corrected chi connectivity index (χ2v) is 6.13. The van der Waals surface area contributed by atoms with Gasteiger partial charge in [-0.3, -0.25) is 9.59 Å². The predicted molar refractivity (Wildman–Crippen MR) is 78.9 cm³/mol. The molecular formula is C16H19FN2O3. The summed E-state index contributed by atoms with van der Waals surface area (Å²) in [5, 5.41) is 0. The van der Waals surface area contributed by atoms with Crippen LogP contribution in [0.5, 0.6) is 0 Å². The third kappa shape index (κ3) is 2.70. The molecule has 2 aliphatic heterocycles. The number of halogens is 1. The maximum absolute atomic E-state index is 13.4. The number of amides is 2. The minimum Gasteiger partial charge on any atom is -0.375 e. The molecule has 0 aliphatic carbocycles. The van der Waals surface area contributed by atoms with Crippen LogP contribution in [0.2, 0.25) is 0 Å². The van der Waals surface area contributed by atoms with Crippen LogP contribution in [0.1, 0.15) is 12.8 Å². The summed E-state index contributed by atoms with van der Waals surface area (Å²) >= 11 is 0. The highest BCUT2D eigenvalue weighted by molar-refractivity contribution is 5.96. The number of nitrogens with zero attached hydrogens (tertiary/aromatic N) is 2. The maximum atomic E-state index is 13.4. The molecule has 6 heteroatoms. The number of methoxy groups -OCH3 is 1. The van der Waals surface area contributed by atoms with Crippen molar-refractivity contribution in [3.8, 4) is 0 Å². The molecule has 0 saturated carbocycles. The summed E-state index contributed by atoms with van der Waals surface area (Å²) in [6, 6.07) is 6.08. The van der Waals surface area contributed by atoms with E-state index in [1.807, 2.05) is 0 Å². The smallest absolute Gasteiger partial charge is 0.248 e. The Labute approximate surface area is 128 Å². The molecule has 0 bridgehead atoms. The van der Waals surface area contributed by atoms with Crippen LogP contribution in [0, 0.1) is 11.2 Å². The molecule has 0 radical (unpaired) electrons. The summed E-state index contributed by atoms with van der Waals surface area (Å²) in [5.41, 5.74) is 0.371. The van der Waals surface area contributed by atoms with Gasteiger partial charge in [-0.1, -0.05) is 6.07 Å². The van der Waals surface area contributed by atoms with Crippen molar-refractivity contribution in [1.82, 2.24) is 4.90 Å². The molecule has 0 N–H and O–H groups in total. The first-order chi connectivity index (χ1) is 10.5. The van der Waals surface area contributed by atoms with Crippen molar-refractivity contribution < 1.29 is 18.7 Å². The van der Waals surface area contributed by atoms with Crippen LogP contribution in [-0.2, 0) is 14.3 Å². The van der Waals surface area contributed by atoms with E-state index in [4.69, 9.17) is 4.74 Å². The highest BCUT2D eigenvalue weighted by Gasteiger charge is 2.48. The molecule has 0 aromatic heterocycles. The minimum atomic E-state index is -0.352. The molecule has 5 nitrogen and oxygen atoms in total. The third-order valence-corrected chi connectivity index (χ3v) is 4.50. The van der Waals surface area contributed by atoms with Crippen molar-refractivity contribution >= 4 is 17.5 Å². The van der Waals surface area contributed by atoms with Gasteiger partial charge >= 0.3 is 0 Å². The van der Waals surface area contributed by atoms with E-state index in [9.17, 15) is 14.0 Å². The number of carbonyl (C=O) groups excluding carboxylic acids is 2. The van der Waals surface area contributed by atoms with Crippen molar-refractivity contribution in [3.63, 3.8) is 0 Å². The largest absolute Gasteiger partial charge is 0.375 e. The fourth-order valence-corrected chi connectivity index (χ4v) is 3.41. The zero-order valence-electron chi connectivity index (χ0n) is 12.5. The number of likely N-dealkylation sites (tertiary alicyclic amines) is 1. The average Bonchev–Trinajstić information content (AvgIpc) is 3.03. The molecule has 2 heterocycles. The molecule has 1 aromatic rings. The first-order valence-corrected chi connectivity index (χ1v) is 7.36. The quantitative estimate of drug-likeness (QED) is 0.849. The third-order valence-electron chi connectivity index (χ3n) is 4.50. The van der Waals surface area contributed by atoms with Crippen LogP contribution in [0.25, 0.3) is 0 Å². The van der Waals surface area contributed by atoms with Crippen LogP contribution in [-0.4, -0.2) is 50.1 Å². The highest BCUT2D eigenvalue weighted by Crippen LogP contribution is 2.41. The Morgan fingerprint density at radius 2 is 2.23 bits per heavy atom. The molecule has 2 saturated heterocycles. The Morgan fingerprint density at radius 1 is 1.41 bits per heavy atom. The van der Waals surface area contributed by atoms with Crippen molar-refractivity contribution in [1.29, 1.82) is 0 Å².